The molecule has 0 bridgehead atoms. The summed E-state index contributed by atoms with van der Waals surface area (Å²) in [6, 6.07) is 4.61. The van der Waals surface area contributed by atoms with Crippen LogP contribution in [-0.2, 0) is 16.0 Å². The van der Waals surface area contributed by atoms with E-state index in [-0.39, 0.29) is 17.5 Å². The molecule has 5 nitrogen and oxygen atoms in total. The lowest BCUT2D eigenvalue weighted by atomic mass is 9.94. The molecule has 0 heterocycles. The summed E-state index contributed by atoms with van der Waals surface area (Å²) >= 11 is 0. The molecule has 0 aromatic heterocycles. The van der Waals surface area contributed by atoms with Gasteiger partial charge < -0.3 is 15.0 Å². The van der Waals surface area contributed by atoms with Crippen LogP contribution in [0.2, 0.25) is 0 Å². The fourth-order valence-corrected chi connectivity index (χ4v) is 1.63. The van der Waals surface area contributed by atoms with Crippen LogP contribution in [0.5, 0.6) is 0 Å². The number of benzene rings is 1. The van der Waals surface area contributed by atoms with Gasteiger partial charge in [-0.2, -0.15) is 0 Å². The summed E-state index contributed by atoms with van der Waals surface area (Å²) in [4.78, 5) is 31.9. The molecular formula is C12H12O5. The monoisotopic (exact) mass is 236 g/mol. The summed E-state index contributed by atoms with van der Waals surface area (Å²) < 4.78 is 0. The van der Waals surface area contributed by atoms with E-state index in [2.05, 4.69) is 0 Å². The van der Waals surface area contributed by atoms with Crippen molar-refractivity contribution in [1.82, 2.24) is 0 Å². The minimum Gasteiger partial charge on any atom is -0.479 e. The van der Waals surface area contributed by atoms with Gasteiger partial charge in [0.15, 0.2) is 6.10 Å². The van der Waals surface area contributed by atoms with Gasteiger partial charge in [-0.3, -0.25) is 4.79 Å². The lowest BCUT2D eigenvalue weighted by Crippen LogP contribution is -2.15. The smallest absolute Gasteiger partial charge is 0.337 e. The van der Waals surface area contributed by atoms with Crippen molar-refractivity contribution >= 4 is 18.5 Å². The lowest BCUT2D eigenvalue weighted by Gasteiger charge is -2.13. The third kappa shape index (κ3) is 2.98. The summed E-state index contributed by atoms with van der Waals surface area (Å²) in [5.41, 5.74) is 0.691. The fourth-order valence-electron chi connectivity index (χ4n) is 1.63. The average molecular weight is 236 g/mol. The minimum atomic E-state index is -1.75. The predicted molar refractivity (Wildman–Crippen MR) is 58.8 cm³/mol. The first-order valence-corrected chi connectivity index (χ1v) is 5.03. The van der Waals surface area contributed by atoms with Gasteiger partial charge in [0, 0.05) is 17.5 Å². The van der Waals surface area contributed by atoms with Gasteiger partial charge in [-0.1, -0.05) is 18.2 Å². The molecule has 0 saturated heterocycles. The molecular weight excluding hydrogens is 224 g/mol. The first kappa shape index (κ1) is 13.1. The van der Waals surface area contributed by atoms with E-state index >= 15 is 0 Å². The van der Waals surface area contributed by atoms with E-state index in [0.717, 1.165) is 0 Å². The number of aldehydes is 2. The van der Waals surface area contributed by atoms with Crippen LogP contribution in [0.3, 0.4) is 0 Å². The maximum Gasteiger partial charge on any atom is 0.337 e. The van der Waals surface area contributed by atoms with Crippen molar-refractivity contribution in [2.45, 2.75) is 18.9 Å². The minimum absolute atomic E-state index is 0.0665. The number of aliphatic carboxylic acids is 1. The lowest BCUT2D eigenvalue weighted by molar-refractivity contribution is -0.147. The molecule has 1 atom stereocenters. The van der Waals surface area contributed by atoms with Gasteiger partial charge in [0.05, 0.1) is 0 Å². The van der Waals surface area contributed by atoms with E-state index in [9.17, 15) is 19.5 Å². The number of hydrogen-bond acceptors (Lipinski definition) is 4. The Morgan fingerprint density at radius 3 is 2.59 bits per heavy atom. The van der Waals surface area contributed by atoms with E-state index in [0.29, 0.717) is 24.6 Å². The van der Waals surface area contributed by atoms with Crippen LogP contribution in [0.15, 0.2) is 18.2 Å². The number of aliphatic hydroxyl groups is 1. The van der Waals surface area contributed by atoms with Gasteiger partial charge in [0.2, 0.25) is 0 Å². The van der Waals surface area contributed by atoms with Crippen LogP contribution in [0, 0.1) is 0 Å². The van der Waals surface area contributed by atoms with Crippen molar-refractivity contribution in [3.8, 4) is 0 Å². The van der Waals surface area contributed by atoms with Crippen LogP contribution in [0.4, 0.5) is 0 Å². The first-order chi connectivity index (χ1) is 8.11. The molecule has 2 N–H and O–H groups in total. The molecule has 0 spiro atoms. The Balaban J connectivity index is 3.23. The Bertz CT molecular complexity index is 439. The second-order valence-corrected chi connectivity index (χ2v) is 3.48. The van der Waals surface area contributed by atoms with Crippen molar-refractivity contribution in [2.75, 3.05) is 0 Å². The highest BCUT2D eigenvalue weighted by atomic mass is 16.4. The normalized spacial score (nSPS) is 11.8. The van der Waals surface area contributed by atoms with Crippen LogP contribution >= 0.6 is 0 Å². The molecule has 1 aromatic carbocycles. The summed E-state index contributed by atoms with van der Waals surface area (Å²) in [5, 5.41) is 18.3. The molecule has 0 aliphatic carbocycles. The second kappa shape index (κ2) is 5.91. The van der Waals surface area contributed by atoms with Gasteiger partial charge in [-0.25, -0.2) is 4.79 Å². The Morgan fingerprint density at radius 2 is 2.06 bits per heavy atom. The van der Waals surface area contributed by atoms with E-state index < -0.39 is 12.1 Å². The Morgan fingerprint density at radius 1 is 1.35 bits per heavy atom. The number of carboxylic acids is 1. The van der Waals surface area contributed by atoms with Crippen molar-refractivity contribution in [3.63, 3.8) is 0 Å². The molecule has 1 unspecified atom stereocenters. The molecule has 0 saturated carbocycles. The zero-order valence-corrected chi connectivity index (χ0v) is 9.00. The van der Waals surface area contributed by atoms with Crippen molar-refractivity contribution in [3.05, 3.63) is 34.9 Å². The molecule has 17 heavy (non-hydrogen) atoms. The molecule has 5 heteroatoms. The largest absolute Gasteiger partial charge is 0.479 e. The Labute approximate surface area is 97.7 Å². The quantitative estimate of drug-likeness (QED) is 0.711. The van der Waals surface area contributed by atoms with Gasteiger partial charge in [-0.15, -0.1) is 0 Å². The van der Waals surface area contributed by atoms with Crippen LogP contribution in [0.25, 0.3) is 0 Å². The zero-order chi connectivity index (χ0) is 12.8. The number of carbonyl (C=O) groups is 3. The number of carboxylic acid groups (broad SMARTS) is 1. The van der Waals surface area contributed by atoms with E-state index in [4.69, 9.17) is 5.11 Å². The average Bonchev–Trinajstić information content (AvgIpc) is 2.34. The predicted octanol–water partition coefficient (Wildman–Crippen LogP) is 0.749. The van der Waals surface area contributed by atoms with E-state index in [1.165, 1.54) is 6.07 Å². The molecule has 0 aliphatic heterocycles. The van der Waals surface area contributed by atoms with E-state index in [1.807, 2.05) is 0 Å². The van der Waals surface area contributed by atoms with Gasteiger partial charge in [0.25, 0.3) is 0 Å². The standard InChI is InChI=1S/C12H12O5/c13-6-2-5-8-3-1-4-9(7-14)10(8)11(15)12(16)17/h1,3-4,6-7,11,15H,2,5H2,(H,16,17). The molecule has 0 radical (unpaired) electrons. The Kier molecular flexibility index (Phi) is 4.54. The summed E-state index contributed by atoms with van der Waals surface area (Å²) in [6.07, 6.45) is -0.0545. The molecule has 0 amide bonds. The third-order valence-corrected chi connectivity index (χ3v) is 2.40. The topological polar surface area (TPSA) is 91.7 Å². The molecule has 1 rings (SSSR count). The number of carbonyl (C=O) groups excluding carboxylic acids is 2. The second-order valence-electron chi connectivity index (χ2n) is 3.48. The first-order valence-electron chi connectivity index (χ1n) is 5.03. The highest BCUT2D eigenvalue weighted by Crippen LogP contribution is 2.23. The van der Waals surface area contributed by atoms with Crippen molar-refractivity contribution < 1.29 is 24.6 Å². The van der Waals surface area contributed by atoms with Crippen LogP contribution in [-0.4, -0.2) is 28.8 Å². The molecule has 0 aliphatic rings. The number of rotatable bonds is 6. The summed E-state index contributed by atoms with van der Waals surface area (Å²) in [5.74, 6) is -1.42. The zero-order valence-electron chi connectivity index (χ0n) is 9.00. The maximum atomic E-state index is 10.8. The van der Waals surface area contributed by atoms with Gasteiger partial charge in [0.1, 0.15) is 12.6 Å². The molecule has 0 fully saturated rings. The highest BCUT2D eigenvalue weighted by molar-refractivity contribution is 5.84. The highest BCUT2D eigenvalue weighted by Gasteiger charge is 2.22. The maximum absolute atomic E-state index is 10.8. The SMILES string of the molecule is O=CCCc1cccc(C=O)c1C(O)C(=O)O. The van der Waals surface area contributed by atoms with E-state index in [1.54, 1.807) is 12.1 Å². The third-order valence-electron chi connectivity index (χ3n) is 2.40. The van der Waals surface area contributed by atoms with Crippen molar-refractivity contribution in [2.24, 2.45) is 0 Å². The molecule has 1 aromatic rings. The van der Waals surface area contributed by atoms with Gasteiger partial charge >= 0.3 is 5.97 Å². The fraction of sp³-hybridized carbons (Fsp3) is 0.250. The summed E-state index contributed by atoms with van der Waals surface area (Å²) in [6.45, 7) is 0. The van der Waals surface area contributed by atoms with Crippen LogP contribution < -0.4 is 0 Å². The number of hydrogen-bond donors (Lipinski definition) is 2. The number of aliphatic hydroxyl groups excluding tert-OH is 1. The summed E-state index contributed by atoms with van der Waals surface area (Å²) in [7, 11) is 0. The van der Waals surface area contributed by atoms with Gasteiger partial charge in [-0.05, 0) is 12.0 Å². The molecule has 90 valence electrons. The van der Waals surface area contributed by atoms with Crippen molar-refractivity contribution in [1.29, 1.82) is 0 Å². The van der Waals surface area contributed by atoms with Crippen LogP contribution in [0.1, 0.15) is 34.0 Å². The Hall–Kier alpha value is -2.01. The number of aryl methyl sites for hydroxylation is 1.